The van der Waals surface area contributed by atoms with E-state index in [0.717, 1.165) is 31.7 Å². The van der Waals surface area contributed by atoms with Crippen molar-refractivity contribution in [3.63, 3.8) is 0 Å². The van der Waals surface area contributed by atoms with Crippen LogP contribution in [0.25, 0.3) is 0 Å². The summed E-state index contributed by atoms with van der Waals surface area (Å²) < 4.78 is 6.02. The summed E-state index contributed by atoms with van der Waals surface area (Å²) in [5, 5.41) is 3.18. The molecular formula is C18H31NO. The van der Waals surface area contributed by atoms with Gasteiger partial charge in [-0.3, -0.25) is 0 Å². The van der Waals surface area contributed by atoms with Crippen molar-refractivity contribution >= 4 is 0 Å². The second-order valence-corrected chi connectivity index (χ2v) is 6.45. The van der Waals surface area contributed by atoms with E-state index >= 15 is 0 Å². The maximum absolute atomic E-state index is 6.02. The molecule has 0 aliphatic heterocycles. The molecule has 2 nitrogen and oxygen atoms in total. The minimum Gasteiger partial charge on any atom is -0.493 e. The molecule has 0 atom stereocenters. The summed E-state index contributed by atoms with van der Waals surface area (Å²) in [5.41, 5.74) is 2.84. The van der Waals surface area contributed by atoms with Gasteiger partial charge in [0, 0.05) is 0 Å². The normalized spacial score (nSPS) is 11.7. The highest BCUT2D eigenvalue weighted by Crippen LogP contribution is 2.32. The molecule has 0 aliphatic rings. The Balaban J connectivity index is 2.60. The summed E-state index contributed by atoms with van der Waals surface area (Å²) in [6, 6.07) is 6.63. The minimum atomic E-state index is 0.132. The van der Waals surface area contributed by atoms with Crippen molar-refractivity contribution in [1.82, 2.24) is 5.32 Å². The molecule has 0 heterocycles. The molecule has 0 aliphatic carbocycles. The molecule has 0 aromatic heterocycles. The van der Waals surface area contributed by atoms with E-state index in [0.29, 0.717) is 0 Å². The summed E-state index contributed by atoms with van der Waals surface area (Å²) in [4.78, 5) is 0. The van der Waals surface area contributed by atoms with Crippen molar-refractivity contribution in [2.75, 3.05) is 20.2 Å². The molecule has 0 saturated heterocycles. The van der Waals surface area contributed by atoms with E-state index in [4.69, 9.17) is 4.74 Å². The first kappa shape index (κ1) is 17.0. The van der Waals surface area contributed by atoms with Crippen LogP contribution in [0.4, 0.5) is 0 Å². The van der Waals surface area contributed by atoms with Crippen LogP contribution in [0, 0.1) is 0 Å². The van der Waals surface area contributed by atoms with E-state index < -0.39 is 0 Å². The van der Waals surface area contributed by atoms with Gasteiger partial charge in [-0.2, -0.15) is 0 Å². The van der Waals surface area contributed by atoms with E-state index in [9.17, 15) is 0 Å². The third-order valence-corrected chi connectivity index (χ3v) is 3.59. The predicted molar refractivity (Wildman–Crippen MR) is 87.8 cm³/mol. The molecule has 2 heteroatoms. The third kappa shape index (κ3) is 5.54. The van der Waals surface area contributed by atoms with Crippen LogP contribution in [0.15, 0.2) is 18.2 Å². The third-order valence-electron chi connectivity index (χ3n) is 3.59. The molecular weight excluding hydrogens is 246 g/mol. The molecule has 0 bridgehead atoms. The number of unbranched alkanes of at least 4 members (excludes halogenated alkanes) is 2. The Kier molecular flexibility index (Phi) is 7.08. The summed E-state index contributed by atoms with van der Waals surface area (Å²) in [5.74, 6) is 1.06. The van der Waals surface area contributed by atoms with Gasteiger partial charge in [0.2, 0.25) is 0 Å². The number of hydrogen-bond acceptors (Lipinski definition) is 2. The number of rotatable bonds is 8. The average molecular weight is 277 g/mol. The van der Waals surface area contributed by atoms with Gasteiger partial charge in [-0.1, -0.05) is 39.8 Å². The minimum absolute atomic E-state index is 0.132. The fourth-order valence-electron chi connectivity index (χ4n) is 2.27. The number of benzene rings is 1. The molecule has 0 spiro atoms. The molecule has 20 heavy (non-hydrogen) atoms. The zero-order valence-corrected chi connectivity index (χ0v) is 13.9. The molecule has 0 saturated carbocycles. The SMILES string of the molecule is CCc1ccc(OCCCCCNC)c(C(C)(C)C)c1. The summed E-state index contributed by atoms with van der Waals surface area (Å²) in [6.07, 6.45) is 4.65. The quantitative estimate of drug-likeness (QED) is 0.715. The Bertz CT molecular complexity index is 393. The van der Waals surface area contributed by atoms with Gasteiger partial charge in [-0.25, -0.2) is 0 Å². The average Bonchev–Trinajstić information content (AvgIpc) is 2.41. The fraction of sp³-hybridized carbons (Fsp3) is 0.667. The van der Waals surface area contributed by atoms with Crippen LogP contribution >= 0.6 is 0 Å². The smallest absolute Gasteiger partial charge is 0.123 e. The number of aryl methyl sites for hydroxylation is 1. The van der Waals surface area contributed by atoms with Crippen molar-refractivity contribution in [3.05, 3.63) is 29.3 Å². The first-order valence-electron chi connectivity index (χ1n) is 7.90. The zero-order valence-electron chi connectivity index (χ0n) is 13.9. The molecule has 1 aromatic rings. The Morgan fingerprint density at radius 3 is 2.45 bits per heavy atom. The van der Waals surface area contributed by atoms with E-state index in [-0.39, 0.29) is 5.41 Å². The van der Waals surface area contributed by atoms with E-state index in [1.807, 2.05) is 7.05 Å². The molecule has 0 radical (unpaired) electrons. The molecule has 0 amide bonds. The highest BCUT2D eigenvalue weighted by Gasteiger charge is 2.19. The van der Waals surface area contributed by atoms with Crippen molar-refractivity contribution in [3.8, 4) is 5.75 Å². The van der Waals surface area contributed by atoms with Crippen molar-refractivity contribution in [2.45, 2.75) is 58.8 Å². The molecule has 0 unspecified atom stereocenters. The van der Waals surface area contributed by atoms with Crippen molar-refractivity contribution in [1.29, 1.82) is 0 Å². The van der Waals surface area contributed by atoms with Crippen molar-refractivity contribution in [2.24, 2.45) is 0 Å². The lowest BCUT2D eigenvalue weighted by Crippen LogP contribution is -2.14. The van der Waals surface area contributed by atoms with Crippen molar-refractivity contribution < 1.29 is 4.74 Å². The summed E-state index contributed by atoms with van der Waals surface area (Å²) >= 11 is 0. The number of ether oxygens (including phenoxy) is 1. The predicted octanol–water partition coefficient (Wildman–Crippen LogP) is 4.32. The molecule has 1 rings (SSSR count). The van der Waals surface area contributed by atoms with Crippen LogP contribution in [-0.2, 0) is 11.8 Å². The van der Waals surface area contributed by atoms with Crippen LogP contribution in [0.1, 0.15) is 58.1 Å². The Labute approximate surface area is 124 Å². The van der Waals surface area contributed by atoms with Gasteiger partial charge < -0.3 is 10.1 Å². The highest BCUT2D eigenvalue weighted by molar-refractivity contribution is 5.41. The van der Waals surface area contributed by atoms with Crippen LogP contribution in [-0.4, -0.2) is 20.2 Å². The second-order valence-electron chi connectivity index (χ2n) is 6.45. The topological polar surface area (TPSA) is 21.3 Å². The van der Waals surface area contributed by atoms with E-state index in [1.165, 1.54) is 24.0 Å². The van der Waals surface area contributed by atoms with Gasteiger partial charge in [-0.15, -0.1) is 0 Å². The van der Waals surface area contributed by atoms with E-state index in [1.54, 1.807) is 0 Å². The standard InChI is InChI=1S/C18H31NO/c1-6-15-10-11-17(16(14-15)18(2,3)4)20-13-9-7-8-12-19-5/h10-11,14,19H,6-9,12-13H2,1-5H3. The summed E-state index contributed by atoms with van der Waals surface area (Å²) in [7, 11) is 2.00. The lowest BCUT2D eigenvalue weighted by molar-refractivity contribution is 0.297. The number of nitrogens with one attached hydrogen (secondary N) is 1. The van der Waals surface area contributed by atoms with Gasteiger partial charge in [-0.05, 0) is 61.9 Å². The summed E-state index contributed by atoms with van der Waals surface area (Å²) in [6.45, 7) is 10.9. The lowest BCUT2D eigenvalue weighted by Gasteiger charge is -2.23. The van der Waals surface area contributed by atoms with Crippen LogP contribution < -0.4 is 10.1 Å². The molecule has 0 fully saturated rings. The van der Waals surface area contributed by atoms with Crippen LogP contribution in [0.2, 0.25) is 0 Å². The Morgan fingerprint density at radius 2 is 1.85 bits per heavy atom. The first-order chi connectivity index (χ1) is 9.49. The van der Waals surface area contributed by atoms with Crippen LogP contribution in [0.3, 0.4) is 0 Å². The second kappa shape index (κ2) is 8.31. The maximum Gasteiger partial charge on any atom is 0.123 e. The largest absolute Gasteiger partial charge is 0.493 e. The fourth-order valence-corrected chi connectivity index (χ4v) is 2.27. The first-order valence-corrected chi connectivity index (χ1v) is 7.90. The van der Waals surface area contributed by atoms with Gasteiger partial charge in [0.15, 0.2) is 0 Å². The Morgan fingerprint density at radius 1 is 1.10 bits per heavy atom. The van der Waals surface area contributed by atoms with Gasteiger partial charge in [0.05, 0.1) is 6.61 Å². The molecule has 114 valence electrons. The Hall–Kier alpha value is -1.02. The molecule has 1 aromatic carbocycles. The lowest BCUT2D eigenvalue weighted by atomic mass is 9.85. The van der Waals surface area contributed by atoms with Crippen LogP contribution in [0.5, 0.6) is 5.75 Å². The molecule has 1 N–H and O–H groups in total. The number of hydrogen-bond donors (Lipinski definition) is 1. The zero-order chi connectivity index (χ0) is 15.0. The van der Waals surface area contributed by atoms with E-state index in [2.05, 4.69) is 51.2 Å². The highest BCUT2D eigenvalue weighted by atomic mass is 16.5. The van der Waals surface area contributed by atoms with Gasteiger partial charge in [0.1, 0.15) is 5.75 Å². The van der Waals surface area contributed by atoms with Gasteiger partial charge >= 0.3 is 0 Å². The monoisotopic (exact) mass is 277 g/mol. The van der Waals surface area contributed by atoms with Gasteiger partial charge in [0.25, 0.3) is 0 Å². The maximum atomic E-state index is 6.02.